The van der Waals surface area contributed by atoms with Gasteiger partial charge in [0.1, 0.15) is 17.1 Å². The second kappa shape index (κ2) is 10.5. The fraction of sp³-hybridized carbons (Fsp3) is 0.333. The van der Waals surface area contributed by atoms with E-state index in [9.17, 15) is 0 Å². The summed E-state index contributed by atoms with van der Waals surface area (Å²) >= 11 is 0. The van der Waals surface area contributed by atoms with Crippen LogP contribution < -0.4 is 14.5 Å². The minimum absolute atomic E-state index is 0.00647. The van der Waals surface area contributed by atoms with E-state index in [4.69, 9.17) is 14.7 Å². The minimum Gasteiger partial charge on any atom is -0.457 e. The molecular formula is C36H41N5O. The first kappa shape index (κ1) is 27.8. The first-order chi connectivity index (χ1) is 20.0. The summed E-state index contributed by atoms with van der Waals surface area (Å²) in [5.41, 5.74) is 9.89. The van der Waals surface area contributed by atoms with Gasteiger partial charge in [-0.1, -0.05) is 66.7 Å². The van der Waals surface area contributed by atoms with Crippen LogP contribution in [0.25, 0.3) is 17.0 Å². The lowest BCUT2D eigenvalue weighted by molar-refractivity contribution is 0.482. The van der Waals surface area contributed by atoms with Gasteiger partial charge in [0.25, 0.3) is 0 Å². The molecule has 0 bridgehead atoms. The summed E-state index contributed by atoms with van der Waals surface area (Å²) in [6.07, 6.45) is 1.92. The molecule has 6 heteroatoms. The van der Waals surface area contributed by atoms with E-state index in [2.05, 4.69) is 136 Å². The van der Waals surface area contributed by atoms with Crippen LogP contribution in [-0.2, 0) is 5.41 Å². The molecule has 0 aliphatic carbocycles. The molecule has 42 heavy (non-hydrogen) atoms. The van der Waals surface area contributed by atoms with E-state index in [1.54, 1.807) is 0 Å². The molecule has 0 radical (unpaired) electrons. The van der Waals surface area contributed by atoms with E-state index in [0.717, 1.165) is 46.6 Å². The lowest BCUT2D eigenvalue weighted by Gasteiger charge is -2.21. The largest absolute Gasteiger partial charge is 0.457 e. The average Bonchev–Trinajstić information content (AvgIpc) is 3.51. The van der Waals surface area contributed by atoms with E-state index in [-0.39, 0.29) is 5.41 Å². The number of fused-ring (bicyclic) bond motifs is 2. The zero-order chi connectivity index (χ0) is 29.8. The molecule has 3 aromatic heterocycles. The molecule has 0 atom stereocenters. The van der Waals surface area contributed by atoms with E-state index < -0.39 is 0 Å². The Hall–Kier alpha value is -4.32. The zero-order valence-corrected chi connectivity index (χ0v) is 26.0. The maximum atomic E-state index is 6.61. The van der Waals surface area contributed by atoms with Gasteiger partial charge >= 0.3 is 0 Å². The summed E-state index contributed by atoms with van der Waals surface area (Å²) in [4.78, 5) is 14.6. The molecular weight excluding hydrogens is 518 g/mol. The first-order valence-corrected chi connectivity index (χ1v) is 14.9. The molecule has 0 spiro atoms. The quantitative estimate of drug-likeness (QED) is 0.207. The second-order valence-corrected chi connectivity index (χ2v) is 13.0. The van der Waals surface area contributed by atoms with Crippen LogP contribution in [0.2, 0.25) is 0 Å². The van der Waals surface area contributed by atoms with Crippen LogP contribution in [0.5, 0.6) is 11.5 Å². The Bertz CT molecular complexity index is 1760. The summed E-state index contributed by atoms with van der Waals surface area (Å²) in [6.45, 7) is 16.4. The van der Waals surface area contributed by atoms with Crippen LogP contribution in [0.1, 0.15) is 77.3 Å². The van der Waals surface area contributed by atoms with Crippen molar-refractivity contribution in [3.8, 4) is 22.9 Å². The van der Waals surface area contributed by atoms with Gasteiger partial charge in [0.2, 0.25) is 0 Å². The van der Waals surface area contributed by atoms with Crippen molar-refractivity contribution in [3.05, 3.63) is 95.9 Å². The molecule has 2 aromatic carbocycles. The average molecular weight is 560 g/mol. The van der Waals surface area contributed by atoms with Gasteiger partial charge in [-0.25, -0.2) is 4.98 Å². The maximum absolute atomic E-state index is 6.61. The highest BCUT2D eigenvalue weighted by molar-refractivity contribution is 5.82. The minimum atomic E-state index is 0.00647. The van der Waals surface area contributed by atoms with Crippen molar-refractivity contribution < 1.29 is 4.74 Å². The molecule has 0 N–H and O–H groups in total. The topological polar surface area (TPSA) is 45.9 Å². The van der Waals surface area contributed by atoms with Crippen molar-refractivity contribution in [2.75, 3.05) is 23.5 Å². The number of hydrogen-bond acceptors (Lipinski definition) is 5. The fourth-order valence-electron chi connectivity index (χ4n) is 5.90. The number of aromatic nitrogens is 3. The summed E-state index contributed by atoms with van der Waals surface area (Å²) in [7, 11) is 2.12. The molecule has 6 rings (SSSR count). The van der Waals surface area contributed by atoms with E-state index in [1.165, 1.54) is 22.6 Å². The normalized spacial score (nSPS) is 13.5. The third kappa shape index (κ3) is 5.00. The van der Waals surface area contributed by atoms with Crippen LogP contribution in [0.4, 0.5) is 17.1 Å². The number of rotatable bonds is 6. The maximum Gasteiger partial charge on any atom is 0.141 e. The highest BCUT2D eigenvalue weighted by atomic mass is 16.5. The van der Waals surface area contributed by atoms with Crippen molar-refractivity contribution in [3.63, 3.8) is 0 Å². The number of pyridine rings is 2. The smallest absolute Gasteiger partial charge is 0.141 e. The molecule has 5 aromatic rings. The molecule has 216 valence electrons. The highest BCUT2D eigenvalue weighted by Gasteiger charge is 2.25. The Kier molecular flexibility index (Phi) is 6.96. The molecule has 0 unspecified atom stereocenters. The summed E-state index contributed by atoms with van der Waals surface area (Å²) in [6, 6.07) is 25.3. The monoisotopic (exact) mass is 559 g/mol. The highest BCUT2D eigenvalue weighted by Crippen LogP contribution is 2.41. The lowest BCUT2D eigenvalue weighted by atomic mass is 9.87. The number of nitrogens with zero attached hydrogens (tertiary/aromatic N) is 5. The summed E-state index contributed by atoms with van der Waals surface area (Å²) < 4.78 is 8.90. The van der Waals surface area contributed by atoms with Gasteiger partial charge in [0, 0.05) is 42.8 Å². The summed E-state index contributed by atoms with van der Waals surface area (Å²) in [5.74, 6) is 2.12. The standard InChI is InChI=1S/C36H41N5O/c1-23(2)34-35(24(3)4)41-32(29-18-25(16-17-37-29)36(5,6)7)20-28(21-33(41)38-34)42-27-13-11-12-26(19-27)40-22-39(8)30-14-9-10-15-31(30)40/h9-21,23-24H,22H2,1-8H3. The molecule has 0 saturated carbocycles. The Balaban J connectivity index is 1.46. The van der Waals surface area contributed by atoms with Crippen LogP contribution in [0, 0.1) is 0 Å². The second-order valence-electron chi connectivity index (χ2n) is 13.0. The van der Waals surface area contributed by atoms with Crippen molar-refractivity contribution in [2.45, 2.75) is 65.7 Å². The van der Waals surface area contributed by atoms with Crippen LogP contribution in [0.3, 0.4) is 0 Å². The molecule has 0 amide bonds. The Labute approximate surface area is 249 Å². The van der Waals surface area contributed by atoms with Gasteiger partial charge in [-0.05, 0) is 59.2 Å². The van der Waals surface area contributed by atoms with Crippen molar-refractivity contribution >= 4 is 22.7 Å². The van der Waals surface area contributed by atoms with Crippen LogP contribution in [0.15, 0.2) is 79.0 Å². The zero-order valence-electron chi connectivity index (χ0n) is 26.0. The van der Waals surface area contributed by atoms with Gasteiger partial charge < -0.3 is 14.5 Å². The molecule has 6 nitrogen and oxygen atoms in total. The Morgan fingerprint density at radius 1 is 0.810 bits per heavy atom. The predicted molar refractivity (Wildman–Crippen MR) is 174 cm³/mol. The number of anilines is 3. The first-order valence-electron chi connectivity index (χ1n) is 14.9. The van der Waals surface area contributed by atoms with Crippen molar-refractivity contribution in [1.82, 2.24) is 14.4 Å². The third-order valence-corrected chi connectivity index (χ3v) is 8.04. The van der Waals surface area contributed by atoms with Crippen molar-refractivity contribution in [2.24, 2.45) is 0 Å². The van der Waals surface area contributed by atoms with Gasteiger partial charge in [-0.3, -0.25) is 9.38 Å². The Morgan fingerprint density at radius 2 is 1.57 bits per heavy atom. The molecule has 0 saturated heterocycles. The third-order valence-electron chi connectivity index (χ3n) is 8.04. The predicted octanol–water partition coefficient (Wildman–Crippen LogP) is 9.28. The number of para-hydroxylation sites is 2. The molecule has 4 heterocycles. The molecule has 1 aliphatic heterocycles. The van der Waals surface area contributed by atoms with Crippen molar-refractivity contribution in [1.29, 1.82) is 0 Å². The van der Waals surface area contributed by atoms with Gasteiger partial charge in [-0.2, -0.15) is 0 Å². The molecule has 0 fully saturated rings. The summed E-state index contributed by atoms with van der Waals surface area (Å²) in [5, 5.41) is 0. The van der Waals surface area contributed by atoms with Crippen LogP contribution >= 0.6 is 0 Å². The SMILES string of the molecule is CC(C)c1nc2cc(Oc3cccc(N4CN(C)c5ccccc54)c3)cc(-c3cc(C(C)(C)C)ccn3)n2c1C(C)C. The van der Waals surface area contributed by atoms with Gasteiger partial charge in [0.15, 0.2) is 0 Å². The van der Waals surface area contributed by atoms with Gasteiger partial charge in [0.05, 0.1) is 35.1 Å². The van der Waals surface area contributed by atoms with E-state index in [0.29, 0.717) is 11.8 Å². The lowest BCUT2D eigenvalue weighted by Crippen LogP contribution is -2.23. The van der Waals surface area contributed by atoms with Gasteiger partial charge in [-0.15, -0.1) is 0 Å². The van der Waals surface area contributed by atoms with Crippen LogP contribution in [-0.4, -0.2) is 28.1 Å². The number of hydrogen-bond donors (Lipinski definition) is 0. The Morgan fingerprint density at radius 3 is 2.29 bits per heavy atom. The fourth-order valence-corrected chi connectivity index (χ4v) is 5.90. The number of ether oxygens (including phenoxy) is 1. The number of imidazole rings is 1. The van der Waals surface area contributed by atoms with E-state index >= 15 is 0 Å². The molecule has 1 aliphatic rings. The van der Waals surface area contributed by atoms with E-state index in [1.807, 2.05) is 12.3 Å². The number of benzene rings is 2.